The minimum atomic E-state index is -0.409. The number of halogens is 1. The Morgan fingerprint density at radius 2 is 1.87 bits per heavy atom. The molecule has 1 N–H and O–H groups in total. The summed E-state index contributed by atoms with van der Waals surface area (Å²) in [5.41, 5.74) is 3.95. The van der Waals surface area contributed by atoms with Crippen molar-refractivity contribution in [3.63, 3.8) is 0 Å². The van der Waals surface area contributed by atoms with Crippen molar-refractivity contribution < 1.29 is 13.6 Å². The smallest absolute Gasteiger partial charge is 0.247 e. The van der Waals surface area contributed by atoms with E-state index in [-0.39, 0.29) is 17.5 Å². The van der Waals surface area contributed by atoms with Crippen molar-refractivity contribution >= 4 is 11.5 Å². The van der Waals surface area contributed by atoms with Crippen LogP contribution < -0.4 is 10.2 Å². The Labute approximate surface area is 229 Å². The minimum absolute atomic E-state index is 0.0113. The van der Waals surface area contributed by atoms with E-state index in [9.17, 15) is 9.18 Å². The van der Waals surface area contributed by atoms with E-state index >= 15 is 0 Å². The molecule has 3 aromatic carbocycles. The average molecular weight is 527 g/mol. The van der Waals surface area contributed by atoms with E-state index in [0.717, 1.165) is 49.2 Å². The average Bonchev–Trinajstić information content (AvgIpc) is 3.64. The molecule has 1 unspecified atom stereocenters. The summed E-state index contributed by atoms with van der Waals surface area (Å²) >= 11 is 0. The van der Waals surface area contributed by atoms with Crippen molar-refractivity contribution in [2.24, 2.45) is 0 Å². The number of nitrogens with one attached hydrogen (secondary N) is 1. The lowest BCUT2D eigenvalue weighted by Crippen LogP contribution is -2.39. The van der Waals surface area contributed by atoms with E-state index in [1.54, 1.807) is 12.1 Å². The van der Waals surface area contributed by atoms with Crippen LogP contribution in [0.15, 0.2) is 77.2 Å². The van der Waals surface area contributed by atoms with Gasteiger partial charge < -0.3 is 14.6 Å². The summed E-state index contributed by atoms with van der Waals surface area (Å²) in [6.07, 6.45) is 3.02. The Hall–Kier alpha value is -3.84. The van der Waals surface area contributed by atoms with Crippen LogP contribution >= 0.6 is 0 Å². The van der Waals surface area contributed by atoms with Crippen LogP contribution in [0.2, 0.25) is 0 Å². The van der Waals surface area contributed by atoms with Gasteiger partial charge in [-0.3, -0.25) is 4.79 Å². The number of carbonyl (C=O) groups is 1. The molecule has 202 valence electrons. The molecular formula is C32H35FN4O2. The number of Topliss-reactive ketones (excluding diaryl/α,β-unsaturated/α-hetero) is 1. The molecule has 0 bridgehead atoms. The largest absolute Gasteiger partial charge is 0.419 e. The highest BCUT2D eigenvalue weighted by Gasteiger charge is 2.40. The molecule has 2 heterocycles. The van der Waals surface area contributed by atoms with Crippen molar-refractivity contribution in [2.45, 2.75) is 51.0 Å². The molecule has 0 spiro atoms. The van der Waals surface area contributed by atoms with Gasteiger partial charge >= 0.3 is 0 Å². The lowest BCUT2D eigenvalue weighted by molar-refractivity contribution is 0.0975. The zero-order chi connectivity index (χ0) is 27.4. The Balaban J connectivity index is 1.44. The molecule has 5 rings (SSSR count). The van der Waals surface area contributed by atoms with Gasteiger partial charge in [0.1, 0.15) is 11.4 Å². The topological polar surface area (TPSA) is 71.3 Å². The summed E-state index contributed by atoms with van der Waals surface area (Å²) in [5, 5.41) is 12.6. The number of nitrogens with zero attached hydrogens (tertiary/aromatic N) is 3. The van der Waals surface area contributed by atoms with Crippen LogP contribution in [0.3, 0.4) is 0 Å². The van der Waals surface area contributed by atoms with Crippen LogP contribution in [0.5, 0.6) is 0 Å². The SMILES string of the molecule is CCN(C)c1cc(C(=O)C[C@H](C)c2ccc(F)cc2)cc(-c2nnc(C3(Cc4ccccc4)CCCN3)o2)c1. The standard InChI is InChI=1S/C32H35FN4O2/c1-4-37(3)28-19-25(29(38)17-22(2)24-11-13-27(33)14-12-24)18-26(20-28)30-35-36-31(39-30)32(15-8-16-34-32)21-23-9-6-5-7-10-23/h5-7,9-14,18-20,22,34H,4,8,15-17,21H2,1-3H3/t22-,32?/m0/s1. The van der Waals surface area contributed by atoms with Crippen molar-refractivity contribution in [3.05, 3.63) is 101 Å². The number of benzene rings is 3. The van der Waals surface area contributed by atoms with Crippen LogP contribution in [0.1, 0.15) is 66.4 Å². The number of ketones is 1. The molecule has 39 heavy (non-hydrogen) atoms. The third-order valence-electron chi connectivity index (χ3n) is 7.76. The van der Waals surface area contributed by atoms with Crippen LogP contribution in [0.4, 0.5) is 10.1 Å². The van der Waals surface area contributed by atoms with Gasteiger partial charge in [0.2, 0.25) is 11.8 Å². The summed E-state index contributed by atoms with van der Waals surface area (Å²) in [6, 6.07) is 22.4. The van der Waals surface area contributed by atoms with Crippen LogP contribution in [0.25, 0.3) is 11.5 Å². The number of hydrogen-bond donors (Lipinski definition) is 1. The number of rotatable bonds is 10. The molecule has 1 fully saturated rings. The predicted octanol–water partition coefficient (Wildman–Crippen LogP) is 6.53. The molecule has 4 aromatic rings. The van der Waals surface area contributed by atoms with Crippen molar-refractivity contribution in [3.8, 4) is 11.5 Å². The second-order valence-corrected chi connectivity index (χ2v) is 10.5. The van der Waals surface area contributed by atoms with E-state index < -0.39 is 5.54 Å². The lowest BCUT2D eigenvalue weighted by Gasteiger charge is -2.25. The molecule has 1 aliphatic rings. The minimum Gasteiger partial charge on any atom is -0.419 e. The molecule has 7 heteroatoms. The zero-order valence-electron chi connectivity index (χ0n) is 22.8. The fraction of sp³-hybridized carbons (Fsp3) is 0.344. The second-order valence-electron chi connectivity index (χ2n) is 10.5. The van der Waals surface area contributed by atoms with Crippen molar-refractivity contribution in [1.29, 1.82) is 0 Å². The Morgan fingerprint density at radius 1 is 1.10 bits per heavy atom. The molecule has 1 saturated heterocycles. The molecule has 1 aromatic heterocycles. The molecule has 0 radical (unpaired) electrons. The third kappa shape index (κ3) is 5.93. The Kier molecular flexibility index (Phi) is 7.89. The lowest BCUT2D eigenvalue weighted by atomic mass is 9.89. The molecular weight excluding hydrogens is 491 g/mol. The third-order valence-corrected chi connectivity index (χ3v) is 7.76. The molecule has 0 amide bonds. The summed E-state index contributed by atoms with van der Waals surface area (Å²) in [5.74, 6) is 0.658. The fourth-order valence-electron chi connectivity index (χ4n) is 5.30. The molecule has 0 aliphatic carbocycles. The fourth-order valence-corrected chi connectivity index (χ4v) is 5.30. The highest BCUT2D eigenvalue weighted by molar-refractivity contribution is 5.98. The first-order valence-electron chi connectivity index (χ1n) is 13.6. The summed E-state index contributed by atoms with van der Waals surface area (Å²) < 4.78 is 19.7. The van der Waals surface area contributed by atoms with Gasteiger partial charge in [-0.2, -0.15) is 0 Å². The quantitative estimate of drug-likeness (QED) is 0.237. The van der Waals surface area contributed by atoms with E-state index in [4.69, 9.17) is 4.42 Å². The van der Waals surface area contributed by atoms with E-state index in [2.05, 4.69) is 39.5 Å². The number of carbonyl (C=O) groups excluding carboxylic acids is 1. The molecule has 6 nitrogen and oxygen atoms in total. The molecule has 1 aliphatic heterocycles. The van der Waals surface area contributed by atoms with Gasteiger partial charge in [0.15, 0.2) is 5.78 Å². The summed E-state index contributed by atoms with van der Waals surface area (Å²) in [4.78, 5) is 15.5. The normalized spacial score (nSPS) is 17.7. The first-order valence-corrected chi connectivity index (χ1v) is 13.6. The Morgan fingerprint density at radius 3 is 2.56 bits per heavy atom. The molecule has 0 saturated carbocycles. The van der Waals surface area contributed by atoms with Crippen LogP contribution in [0, 0.1) is 5.82 Å². The summed E-state index contributed by atoms with van der Waals surface area (Å²) in [6.45, 7) is 5.72. The highest BCUT2D eigenvalue weighted by Crippen LogP contribution is 2.36. The van der Waals surface area contributed by atoms with Gasteiger partial charge in [0, 0.05) is 36.8 Å². The van der Waals surface area contributed by atoms with E-state index in [1.165, 1.54) is 17.7 Å². The van der Waals surface area contributed by atoms with E-state index in [0.29, 0.717) is 23.8 Å². The number of anilines is 1. The number of aromatic nitrogens is 2. The highest BCUT2D eigenvalue weighted by atomic mass is 19.1. The van der Waals surface area contributed by atoms with Gasteiger partial charge in [0.05, 0.1) is 0 Å². The number of hydrogen-bond acceptors (Lipinski definition) is 6. The van der Waals surface area contributed by atoms with Crippen LogP contribution in [-0.4, -0.2) is 36.1 Å². The van der Waals surface area contributed by atoms with Gasteiger partial charge in [0.25, 0.3) is 0 Å². The van der Waals surface area contributed by atoms with Crippen molar-refractivity contribution in [1.82, 2.24) is 15.5 Å². The predicted molar refractivity (Wildman–Crippen MR) is 152 cm³/mol. The van der Waals surface area contributed by atoms with Gasteiger partial charge in [-0.1, -0.05) is 49.4 Å². The van der Waals surface area contributed by atoms with Gasteiger partial charge in [-0.15, -0.1) is 10.2 Å². The Bertz CT molecular complexity index is 1410. The van der Waals surface area contributed by atoms with Gasteiger partial charge in [-0.05, 0) is 80.1 Å². The first kappa shape index (κ1) is 26.8. The first-order chi connectivity index (χ1) is 18.9. The summed E-state index contributed by atoms with van der Waals surface area (Å²) in [7, 11) is 1.99. The van der Waals surface area contributed by atoms with Crippen LogP contribution in [-0.2, 0) is 12.0 Å². The monoisotopic (exact) mass is 526 g/mol. The maximum absolute atomic E-state index is 13.4. The maximum atomic E-state index is 13.4. The van der Waals surface area contributed by atoms with E-state index in [1.807, 2.05) is 50.4 Å². The second kappa shape index (κ2) is 11.5. The van der Waals surface area contributed by atoms with Crippen molar-refractivity contribution in [2.75, 3.05) is 25.0 Å². The zero-order valence-corrected chi connectivity index (χ0v) is 22.8. The maximum Gasteiger partial charge on any atom is 0.247 e. The van der Waals surface area contributed by atoms with Gasteiger partial charge in [-0.25, -0.2) is 4.39 Å². The molecule has 2 atom stereocenters.